The molecule has 1 aromatic heterocycles. The van der Waals surface area contributed by atoms with Gasteiger partial charge in [-0.25, -0.2) is 0 Å². The molecule has 3 aromatic rings. The molecule has 4 rings (SSSR count). The summed E-state index contributed by atoms with van der Waals surface area (Å²) in [6.45, 7) is 7.29. The van der Waals surface area contributed by atoms with Crippen molar-refractivity contribution in [2.24, 2.45) is 5.92 Å². The zero-order chi connectivity index (χ0) is 25.8. The van der Waals surface area contributed by atoms with Crippen LogP contribution >= 0.6 is 11.3 Å². The van der Waals surface area contributed by atoms with Crippen LogP contribution < -0.4 is 9.47 Å². The van der Waals surface area contributed by atoms with Gasteiger partial charge in [0.05, 0.1) is 20.3 Å². The Morgan fingerprint density at radius 1 is 1.06 bits per heavy atom. The Balaban J connectivity index is 1.65. The summed E-state index contributed by atoms with van der Waals surface area (Å²) in [5.41, 5.74) is 3.91. The Morgan fingerprint density at radius 3 is 2.39 bits per heavy atom. The molecule has 2 amide bonds. The van der Waals surface area contributed by atoms with Gasteiger partial charge >= 0.3 is 0 Å². The fraction of sp³-hybridized carbons (Fsp3) is 0.379. The SMILES string of the molecule is COc1cc(OC)cc(C(=O)N(CC(=O)N2CCc3sccc3C2c2ccccc2C)CC(C)C)c1. The van der Waals surface area contributed by atoms with Crippen LogP contribution in [-0.2, 0) is 11.2 Å². The fourth-order valence-electron chi connectivity index (χ4n) is 4.84. The number of carbonyl (C=O) groups is 2. The molecule has 1 aliphatic rings. The van der Waals surface area contributed by atoms with Crippen LogP contribution in [0.1, 0.15) is 51.8 Å². The molecule has 0 spiro atoms. The van der Waals surface area contributed by atoms with Crippen molar-refractivity contribution in [3.8, 4) is 11.5 Å². The summed E-state index contributed by atoms with van der Waals surface area (Å²) >= 11 is 1.75. The number of ether oxygens (including phenoxy) is 2. The van der Waals surface area contributed by atoms with Crippen molar-refractivity contribution in [3.05, 3.63) is 81.0 Å². The molecular weight excluding hydrogens is 472 g/mol. The van der Waals surface area contributed by atoms with Crippen LogP contribution in [0.5, 0.6) is 11.5 Å². The van der Waals surface area contributed by atoms with Gasteiger partial charge in [-0.05, 0) is 59.5 Å². The molecule has 0 fully saturated rings. The largest absolute Gasteiger partial charge is 0.497 e. The highest BCUT2D eigenvalue weighted by Gasteiger charge is 2.35. The number of thiophene rings is 1. The van der Waals surface area contributed by atoms with E-state index in [0.717, 1.165) is 17.5 Å². The lowest BCUT2D eigenvalue weighted by Crippen LogP contribution is -2.47. The van der Waals surface area contributed by atoms with E-state index in [-0.39, 0.29) is 30.3 Å². The van der Waals surface area contributed by atoms with Gasteiger partial charge in [-0.15, -0.1) is 11.3 Å². The minimum atomic E-state index is -0.213. The van der Waals surface area contributed by atoms with Crippen molar-refractivity contribution in [2.45, 2.75) is 33.2 Å². The first kappa shape index (κ1) is 25.8. The summed E-state index contributed by atoms with van der Waals surface area (Å²) in [5, 5.41) is 2.11. The van der Waals surface area contributed by atoms with E-state index in [9.17, 15) is 9.59 Å². The van der Waals surface area contributed by atoms with E-state index in [2.05, 4.69) is 30.5 Å². The monoisotopic (exact) mass is 506 g/mol. The molecule has 0 saturated heterocycles. The molecule has 0 saturated carbocycles. The molecule has 0 N–H and O–H groups in total. The Bertz CT molecular complexity index is 1210. The van der Waals surface area contributed by atoms with Gasteiger partial charge in [-0.2, -0.15) is 0 Å². The second-order valence-electron chi connectivity index (χ2n) is 9.58. The van der Waals surface area contributed by atoms with Gasteiger partial charge < -0.3 is 19.3 Å². The number of methoxy groups -OCH3 is 2. The predicted octanol–water partition coefficient (Wildman–Crippen LogP) is 5.35. The molecule has 0 aliphatic carbocycles. The van der Waals surface area contributed by atoms with Crippen molar-refractivity contribution in [1.29, 1.82) is 0 Å². The van der Waals surface area contributed by atoms with Crippen LogP contribution in [-0.4, -0.2) is 55.5 Å². The lowest BCUT2D eigenvalue weighted by Gasteiger charge is -2.38. The third-order valence-corrected chi connectivity index (χ3v) is 7.56. The van der Waals surface area contributed by atoms with Crippen LogP contribution in [0, 0.1) is 12.8 Å². The summed E-state index contributed by atoms with van der Waals surface area (Å²) in [4.78, 5) is 32.5. The molecule has 0 bridgehead atoms. The number of nitrogens with zero attached hydrogens (tertiary/aromatic N) is 2. The number of benzene rings is 2. The first-order chi connectivity index (χ1) is 17.3. The van der Waals surface area contributed by atoms with Crippen molar-refractivity contribution in [2.75, 3.05) is 33.9 Å². The van der Waals surface area contributed by atoms with Gasteiger partial charge in [-0.3, -0.25) is 9.59 Å². The van der Waals surface area contributed by atoms with Gasteiger partial charge in [0.25, 0.3) is 5.91 Å². The third kappa shape index (κ3) is 5.41. The lowest BCUT2D eigenvalue weighted by molar-refractivity contribution is -0.134. The highest BCUT2D eigenvalue weighted by molar-refractivity contribution is 7.10. The van der Waals surface area contributed by atoms with Crippen LogP contribution in [0.25, 0.3) is 0 Å². The molecule has 1 unspecified atom stereocenters. The summed E-state index contributed by atoms with van der Waals surface area (Å²) in [7, 11) is 3.11. The minimum Gasteiger partial charge on any atom is -0.497 e. The van der Waals surface area contributed by atoms with Gasteiger partial charge in [0.15, 0.2) is 0 Å². The molecule has 36 heavy (non-hydrogen) atoms. The van der Waals surface area contributed by atoms with Crippen molar-refractivity contribution >= 4 is 23.2 Å². The molecule has 7 heteroatoms. The first-order valence-corrected chi connectivity index (χ1v) is 13.1. The maximum Gasteiger partial charge on any atom is 0.254 e. The third-order valence-electron chi connectivity index (χ3n) is 6.57. The number of hydrogen-bond donors (Lipinski definition) is 0. The van der Waals surface area contributed by atoms with Crippen LogP contribution in [0.15, 0.2) is 53.9 Å². The number of rotatable bonds is 8. The van der Waals surface area contributed by atoms with Crippen molar-refractivity contribution in [1.82, 2.24) is 9.80 Å². The predicted molar refractivity (Wildman–Crippen MR) is 143 cm³/mol. The average Bonchev–Trinajstić information content (AvgIpc) is 3.36. The van der Waals surface area contributed by atoms with Gasteiger partial charge in [0, 0.05) is 29.6 Å². The Morgan fingerprint density at radius 2 is 1.75 bits per heavy atom. The summed E-state index contributed by atoms with van der Waals surface area (Å²) in [6, 6.07) is 15.3. The number of amides is 2. The fourth-order valence-corrected chi connectivity index (χ4v) is 5.75. The smallest absolute Gasteiger partial charge is 0.254 e. The first-order valence-electron chi connectivity index (χ1n) is 12.3. The highest BCUT2D eigenvalue weighted by Crippen LogP contribution is 2.39. The highest BCUT2D eigenvalue weighted by atomic mass is 32.1. The summed E-state index contributed by atoms with van der Waals surface area (Å²) in [5.74, 6) is 1.01. The second kappa shape index (κ2) is 11.2. The molecule has 190 valence electrons. The van der Waals surface area contributed by atoms with Gasteiger partial charge in [-0.1, -0.05) is 38.1 Å². The van der Waals surface area contributed by atoms with E-state index in [0.29, 0.717) is 30.2 Å². The zero-order valence-corrected chi connectivity index (χ0v) is 22.4. The van der Waals surface area contributed by atoms with Gasteiger partial charge in [0.2, 0.25) is 5.91 Å². The number of carbonyl (C=O) groups excluding carboxylic acids is 2. The molecule has 1 atom stereocenters. The average molecular weight is 507 g/mol. The van der Waals surface area contributed by atoms with E-state index in [1.807, 2.05) is 30.9 Å². The summed E-state index contributed by atoms with van der Waals surface area (Å²) in [6.07, 6.45) is 0.826. The van der Waals surface area contributed by atoms with Crippen LogP contribution in [0.2, 0.25) is 0 Å². The van der Waals surface area contributed by atoms with Crippen LogP contribution in [0.4, 0.5) is 0 Å². The molecule has 2 aromatic carbocycles. The zero-order valence-electron chi connectivity index (χ0n) is 21.6. The standard InChI is InChI=1S/C29H34N2O4S/c1-19(2)17-30(29(33)21-14-22(34-4)16-23(15-21)35-5)18-27(32)31-12-10-26-25(11-13-36-26)28(31)24-9-7-6-8-20(24)3/h6-9,11,13-16,19,28H,10,12,17-18H2,1-5H3. The van der Waals surface area contributed by atoms with E-state index >= 15 is 0 Å². The molecular formula is C29H34N2O4S. The maximum atomic E-state index is 13.9. The number of hydrogen-bond acceptors (Lipinski definition) is 5. The number of aryl methyl sites for hydroxylation is 1. The normalized spacial score (nSPS) is 14.9. The Kier molecular flexibility index (Phi) is 7.99. The maximum absolute atomic E-state index is 13.9. The second-order valence-corrected chi connectivity index (χ2v) is 10.6. The topological polar surface area (TPSA) is 59.1 Å². The molecule has 2 heterocycles. The van der Waals surface area contributed by atoms with E-state index in [4.69, 9.17) is 9.47 Å². The Labute approximate surface area is 217 Å². The van der Waals surface area contributed by atoms with Crippen LogP contribution in [0.3, 0.4) is 0 Å². The molecule has 1 aliphatic heterocycles. The van der Waals surface area contributed by atoms with Crippen molar-refractivity contribution < 1.29 is 19.1 Å². The molecule has 6 nitrogen and oxygen atoms in total. The summed E-state index contributed by atoms with van der Waals surface area (Å²) < 4.78 is 10.7. The quantitative estimate of drug-likeness (QED) is 0.414. The minimum absolute atomic E-state index is 0.0123. The molecule has 0 radical (unpaired) electrons. The Hall–Kier alpha value is -3.32. The lowest BCUT2D eigenvalue weighted by atomic mass is 9.90. The number of fused-ring (bicyclic) bond motifs is 1. The van der Waals surface area contributed by atoms with Gasteiger partial charge in [0.1, 0.15) is 18.0 Å². The van der Waals surface area contributed by atoms with E-state index in [1.165, 1.54) is 10.4 Å². The van der Waals surface area contributed by atoms with Crippen molar-refractivity contribution in [3.63, 3.8) is 0 Å². The van der Waals surface area contributed by atoms with E-state index < -0.39 is 0 Å². The van der Waals surface area contributed by atoms with E-state index in [1.54, 1.807) is 48.7 Å².